The molecule has 1 saturated carbocycles. The Kier molecular flexibility index (Phi) is 3.49. The number of ether oxygens (including phenoxy) is 1. The first kappa shape index (κ1) is 9.48. The lowest BCUT2D eigenvalue weighted by molar-refractivity contribution is -0.145. The molecule has 4 nitrogen and oxygen atoms in total. The Bertz CT molecular complexity index is 152. The average Bonchev–Trinajstić information content (AvgIpc) is 2.03. The second-order valence-corrected chi connectivity index (χ2v) is 3.24. The number of aliphatic carboxylic acids is 1. The standard InChI is InChI=1S/C8H15NO3/c9-6-1-3-7(4-2-6)12-5-8(10)11/h6-7H,1-5,9H2,(H,10,11)/t6-,7-. The summed E-state index contributed by atoms with van der Waals surface area (Å²) in [4.78, 5) is 10.2. The molecule has 12 heavy (non-hydrogen) atoms. The van der Waals surface area contributed by atoms with Crippen LogP contribution in [0.25, 0.3) is 0 Å². The normalized spacial score (nSPS) is 30.1. The van der Waals surface area contributed by atoms with Crippen molar-refractivity contribution in [3.63, 3.8) is 0 Å². The van der Waals surface area contributed by atoms with E-state index in [0.29, 0.717) is 0 Å². The lowest BCUT2D eigenvalue weighted by atomic mass is 9.94. The molecule has 0 unspecified atom stereocenters. The first-order valence-corrected chi connectivity index (χ1v) is 4.27. The van der Waals surface area contributed by atoms with Crippen LogP contribution in [-0.2, 0) is 9.53 Å². The van der Waals surface area contributed by atoms with Gasteiger partial charge in [0.25, 0.3) is 0 Å². The quantitative estimate of drug-likeness (QED) is 0.646. The molecule has 0 aromatic heterocycles. The molecule has 0 atom stereocenters. The number of rotatable bonds is 3. The molecule has 70 valence electrons. The second kappa shape index (κ2) is 4.42. The summed E-state index contributed by atoms with van der Waals surface area (Å²) in [6.45, 7) is -0.181. The smallest absolute Gasteiger partial charge is 0.329 e. The molecule has 1 aliphatic rings. The van der Waals surface area contributed by atoms with Gasteiger partial charge in [0.15, 0.2) is 0 Å². The second-order valence-electron chi connectivity index (χ2n) is 3.24. The van der Waals surface area contributed by atoms with Gasteiger partial charge in [-0.1, -0.05) is 0 Å². The van der Waals surface area contributed by atoms with Gasteiger partial charge >= 0.3 is 5.97 Å². The SMILES string of the molecule is N[C@H]1CC[C@H](OCC(=O)O)CC1. The van der Waals surface area contributed by atoms with Gasteiger partial charge < -0.3 is 15.6 Å². The Morgan fingerprint density at radius 2 is 2.00 bits per heavy atom. The van der Waals surface area contributed by atoms with Crippen LogP contribution in [0.5, 0.6) is 0 Å². The van der Waals surface area contributed by atoms with Crippen molar-refractivity contribution >= 4 is 5.97 Å². The maximum Gasteiger partial charge on any atom is 0.329 e. The molecule has 1 rings (SSSR count). The van der Waals surface area contributed by atoms with E-state index in [2.05, 4.69) is 0 Å². The Morgan fingerprint density at radius 1 is 1.42 bits per heavy atom. The van der Waals surface area contributed by atoms with Crippen molar-refractivity contribution in [2.45, 2.75) is 37.8 Å². The van der Waals surface area contributed by atoms with Crippen molar-refractivity contribution in [1.29, 1.82) is 0 Å². The van der Waals surface area contributed by atoms with Gasteiger partial charge in [0.2, 0.25) is 0 Å². The maximum absolute atomic E-state index is 10.2. The first-order chi connectivity index (χ1) is 5.68. The fourth-order valence-electron chi connectivity index (χ4n) is 1.44. The Hall–Kier alpha value is -0.610. The Morgan fingerprint density at radius 3 is 2.50 bits per heavy atom. The number of carboxylic acids is 1. The third kappa shape index (κ3) is 3.19. The van der Waals surface area contributed by atoms with E-state index in [4.69, 9.17) is 15.6 Å². The lowest BCUT2D eigenvalue weighted by Crippen LogP contribution is -2.31. The monoisotopic (exact) mass is 173 g/mol. The molecule has 1 aliphatic carbocycles. The molecular formula is C8H15NO3. The molecule has 0 spiro atoms. The number of nitrogens with two attached hydrogens (primary N) is 1. The molecule has 0 amide bonds. The highest BCUT2D eigenvalue weighted by Crippen LogP contribution is 2.19. The van der Waals surface area contributed by atoms with Crippen LogP contribution in [0.1, 0.15) is 25.7 Å². The zero-order valence-electron chi connectivity index (χ0n) is 7.03. The van der Waals surface area contributed by atoms with Crippen LogP contribution in [-0.4, -0.2) is 29.8 Å². The third-order valence-electron chi connectivity index (χ3n) is 2.16. The summed E-state index contributed by atoms with van der Waals surface area (Å²) in [5, 5.41) is 8.35. The summed E-state index contributed by atoms with van der Waals surface area (Å²) in [6, 6.07) is 0.287. The van der Waals surface area contributed by atoms with Crippen molar-refractivity contribution in [2.75, 3.05) is 6.61 Å². The van der Waals surface area contributed by atoms with Crippen LogP contribution in [0.15, 0.2) is 0 Å². The number of carboxylic acid groups (broad SMARTS) is 1. The summed E-state index contributed by atoms with van der Waals surface area (Å²) in [7, 11) is 0. The van der Waals surface area contributed by atoms with Gasteiger partial charge in [-0.3, -0.25) is 0 Å². The minimum Gasteiger partial charge on any atom is -0.480 e. The molecular weight excluding hydrogens is 158 g/mol. The molecule has 0 radical (unpaired) electrons. The summed E-state index contributed by atoms with van der Waals surface area (Å²) >= 11 is 0. The maximum atomic E-state index is 10.2. The number of hydrogen-bond acceptors (Lipinski definition) is 3. The Balaban J connectivity index is 2.13. The fourth-order valence-corrected chi connectivity index (χ4v) is 1.44. The number of hydrogen-bond donors (Lipinski definition) is 2. The Labute approximate surface area is 71.7 Å². The van der Waals surface area contributed by atoms with Crippen molar-refractivity contribution < 1.29 is 14.6 Å². The van der Waals surface area contributed by atoms with Crippen LogP contribution in [0, 0.1) is 0 Å². The van der Waals surface area contributed by atoms with Crippen molar-refractivity contribution in [3.8, 4) is 0 Å². The van der Waals surface area contributed by atoms with Crippen LogP contribution in [0.2, 0.25) is 0 Å². The molecule has 3 N–H and O–H groups in total. The molecule has 4 heteroatoms. The topological polar surface area (TPSA) is 72.5 Å². The summed E-state index contributed by atoms with van der Waals surface area (Å²) in [5.41, 5.74) is 5.68. The predicted molar refractivity (Wildman–Crippen MR) is 43.8 cm³/mol. The highest BCUT2D eigenvalue weighted by atomic mass is 16.5. The van der Waals surface area contributed by atoms with E-state index in [-0.39, 0.29) is 18.8 Å². The van der Waals surface area contributed by atoms with E-state index < -0.39 is 5.97 Å². The van der Waals surface area contributed by atoms with Gasteiger partial charge in [-0.2, -0.15) is 0 Å². The minimum absolute atomic E-state index is 0.112. The van der Waals surface area contributed by atoms with Crippen molar-refractivity contribution in [1.82, 2.24) is 0 Å². The van der Waals surface area contributed by atoms with Crippen LogP contribution in [0.4, 0.5) is 0 Å². The van der Waals surface area contributed by atoms with Crippen LogP contribution in [0.3, 0.4) is 0 Å². The van der Waals surface area contributed by atoms with Crippen molar-refractivity contribution in [3.05, 3.63) is 0 Å². The zero-order chi connectivity index (χ0) is 8.97. The average molecular weight is 173 g/mol. The summed E-state index contributed by atoms with van der Waals surface area (Å²) in [6.07, 6.45) is 3.80. The van der Waals surface area contributed by atoms with Gasteiger partial charge in [0, 0.05) is 6.04 Å². The fraction of sp³-hybridized carbons (Fsp3) is 0.875. The van der Waals surface area contributed by atoms with E-state index in [1.807, 2.05) is 0 Å². The van der Waals surface area contributed by atoms with E-state index in [1.54, 1.807) is 0 Å². The van der Waals surface area contributed by atoms with E-state index >= 15 is 0 Å². The minimum atomic E-state index is -0.898. The van der Waals surface area contributed by atoms with Gasteiger partial charge in [-0.05, 0) is 25.7 Å². The molecule has 1 fully saturated rings. The molecule has 0 heterocycles. The molecule has 0 aromatic rings. The predicted octanol–water partition coefficient (Wildman–Crippen LogP) is 0.357. The van der Waals surface area contributed by atoms with E-state index in [0.717, 1.165) is 25.7 Å². The van der Waals surface area contributed by atoms with Crippen LogP contribution >= 0.6 is 0 Å². The van der Waals surface area contributed by atoms with Crippen LogP contribution < -0.4 is 5.73 Å². The summed E-state index contributed by atoms with van der Waals surface area (Å²) < 4.78 is 5.14. The first-order valence-electron chi connectivity index (χ1n) is 4.27. The number of carbonyl (C=O) groups is 1. The van der Waals surface area contributed by atoms with Gasteiger partial charge in [0.05, 0.1) is 6.10 Å². The molecule has 0 aromatic carbocycles. The highest BCUT2D eigenvalue weighted by molar-refractivity contribution is 5.68. The van der Waals surface area contributed by atoms with Gasteiger partial charge in [-0.25, -0.2) is 4.79 Å². The van der Waals surface area contributed by atoms with Gasteiger partial charge in [-0.15, -0.1) is 0 Å². The third-order valence-corrected chi connectivity index (χ3v) is 2.16. The largest absolute Gasteiger partial charge is 0.480 e. The zero-order valence-corrected chi connectivity index (χ0v) is 7.03. The molecule has 0 aliphatic heterocycles. The van der Waals surface area contributed by atoms with E-state index in [1.165, 1.54) is 0 Å². The molecule has 0 saturated heterocycles. The van der Waals surface area contributed by atoms with Gasteiger partial charge in [0.1, 0.15) is 6.61 Å². The van der Waals surface area contributed by atoms with E-state index in [9.17, 15) is 4.79 Å². The summed E-state index contributed by atoms with van der Waals surface area (Å²) in [5.74, 6) is -0.898. The molecule has 0 bridgehead atoms. The lowest BCUT2D eigenvalue weighted by Gasteiger charge is -2.25. The highest BCUT2D eigenvalue weighted by Gasteiger charge is 2.19. The van der Waals surface area contributed by atoms with Crippen molar-refractivity contribution in [2.24, 2.45) is 5.73 Å².